The van der Waals surface area contributed by atoms with Crippen molar-refractivity contribution in [1.29, 1.82) is 10.8 Å². The quantitative estimate of drug-likeness (QED) is 0.368. The Morgan fingerprint density at radius 2 is 1.71 bits per heavy atom. The maximum atomic E-state index is 7.51. The van der Waals surface area contributed by atoms with Crippen LogP contribution >= 0.6 is 11.3 Å². The Balaban J connectivity index is 2.39. The molecule has 1 aromatic heterocycles. The first-order valence-corrected chi connectivity index (χ1v) is 7.13. The van der Waals surface area contributed by atoms with Gasteiger partial charge in [0.05, 0.1) is 6.04 Å². The van der Waals surface area contributed by atoms with E-state index in [1.54, 1.807) is 0 Å². The molecule has 0 fully saturated rings. The molecule has 109 valence electrons. The highest BCUT2D eigenvalue weighted by atomic mass is 32.1. The van der Waals surface area contributed by atoms with Crippen molar-refractivity contribution in [3.8, 4) is 0 Å². The normalized spacial score (nSPS) is 11.9. The number of hydrogen-bond acceptors (Lipinski definition) is 3. The Bertz CT molecular complexity index is 595. The van der Waals surface area contributed by atoms with Gasteiger partial charge >= 0.3 is 0 Å². The maximum Gasteiger partial charge on any atom is 0.186 e. The third kappa shape index (κ3) is 3.96. The van der Waals surface area contributed by atoms with E-state index in [-0.39, 0.29) is 18.0 Å². The number of thiophene rings is 1. The van der Waals surface area contributed by atoms with Gasteiger partial charge in [0, 0.05) is 4.88 Å². The molecular formula is C14H17N6S. The van der Waals surface area contributed by atoms with Crippen molar-refractivity contribution in [1.82, 2.24) is 10.6 Å². The monoisotopic (exact) mass is 301 g/mol. The molecule has 8 N–H and O–H groups in total. The Kier molecular flexibility index (Phi) is 4.78. The SMILES string of the molecule is N=C(N)N[C](c1ccccc1)C(NC(=N)N)c1cccs1. The minimum atomic E-state index is -0.367. The molecular weight excluding hydrogens is 284 g/mol. The second-order valence-electron chi connectivity index (χ2n) is 4.32. The average Bonchev–Trinajstić information content (AvgIpc) is 2.97. The second kappa shape index (κ2) is 6.76. The minimum Gasteiger partial charge on any atom is -0.370 e. The number of hydrogen-bond donors (Lipinski definition) is 6. The maximum absolute atomic E-state index is 7.51. The second-order valence-corrected chi connectivity index (χ2v) is 5.30. The van der Waals surface area contributed by atoms with E-state index in [2.05, 4.69) is 10.6 Å². The van der Waals surface area contributed by atoms with E-state index in [1.165, 1.54) is 11.3 Å². The molecule has 1 radical (unpaired) electrons. The molecule has 2 rings (SSSR count). The molecule has 7 heteroatoms. The highest BCUT2D eigenvalue weighted by molar-refractivity contribution is 7.10. The fourth-order valence-electron chi connectivity index (χ4n) is 1.97. The van der Waals surface area contributed by atoms with Crippen molar-refractivity contribution in [3.05, 3.63) is 64.3 Å². The Labute approximate surface area is 127 Å². The van der Waals surface area contributed by atoms with Gasteiger partial charge in [0.25, 0.3) is 0 Å². The summed E-state index contributed by atoms with van der Waals surface area (Å²) in [4.78, 5) is 0.970. The van der Waals surface area contributed by atoms with Gasteiger partial charge in [-0.25, -0.2) is 0 Å². The van der Waals surface area contributed by atoms with Crippen molar-refractivity contribution in [3.63, 3.8) is 0 Å². The lowest BCUT2D eigenvalue weighted by molar-refractivity contribution is 0.638. The zero-order valence-corrected chi connectivity index (χ0v) is 12.1. The largest absolute Gasteiger partial charge is 0.370 e. The van der Waals surface area contributed by atoms with E-state index in [1.807, 2.05) is 47.8 Å². The van der Waals surface area contributed by atoms with Gasteiger partial charge in [-0.3, -0.25) is 10.8 Å². The van der Waals surface area contributed by atoms with E-state index in [0.717, 1.165) is 10.4 Å². The molecule has 0 bridgehead atoms. The summed E-state index contributed by atoms with van der Waals surface area (Å²) < 4.78 is 0. The highest BCUT2D eigenvalue weighted by Crippen LogP contribution is 2.30. The van der Waals surface area contributed by atoms with Crippen LogP contribution in [0.5, 0.6) is 0 Å². The Morgan fingerprint density at radius 1 is 1.00 bits per heavy atom. The molecule has 6 nitrogen and oxygen atoms in total. The minimum absolute atomic E-state index is 0.146. The third-order valence-electron chi connectivity index (χ3n) is 2.77. The number of nitrogens with one attached hydrogen (secondary N) is 4. The molecule has 0 aliphatic heterocycles. The van der Waals surface area contributed by atoms with Gasteiger partial charge in [-0.1, -0.05) is 36.4 Å². The summed E-state index contributed by atoms with van der Waals surface area (Å²) in [6.07, 6.45) is 0. The fraction of sp³-hybridized carbons (Fsp3) is 0.0714. The number of guanidine groups is 2. The smallest absolute Gasteiger partial charge is 0.186 e. The van der Waals surface area contributed by atoms with E-state index in [9.17, 15) is 0 Å². The molecule has 2 aromatic rings. The standard InChI is InChI=1S/C14H17N6S/c15-13(16)19-11(9-5-2-1-3-6-9)12(20-14(17)18)10-7-4-8-21-10/h1-8,12H,(H4,15,16,19)(H4,17,18,20). The van der Waals surface area contributed by atoms with Crippen molar-refractivity contribution in [2.75, 3.05) is 0 Å². The molecule has 0 aliphatic carbocycles. The van der Waals surface area contributed by atoms with Crippen molar-refractivity contribution >= 4 is 23.3 Å². The van der Waals surface area contributed by atoms with Gasteiger partial charge < -0.3 is 22.1 Å². The van der Waals surface area contributed by atoms with Crippen LogP contribution in [0.4, 0.5) is 0 Å². The zero-order chi connectivity index (χ0) is 15.2. The summed E-state index contributed by atoms with van der Waals surface area (Å²) in [5.41, 5.74) is 11.9. The lowest BCUT2D eigenvalue weighted by atomic mass is 9.98. The summed E-state index contributed by atoms with van der Waals surface area (Å²) in [5, 5.41) is 22.7. The van der Waals surface area contributed by atoms with Crippen LogP contribution in [-0.2, 0) is 0 Å². The van der Waals surface area contributed by atoms with Crippen molar-refractivity contribution in [2.24, 2.45) is 11.5 Å². The molecule has 1 heterocycles. The molecule has 1 aromatic carbocycles. The van der Waals surface area contributed by atoms with Gasteiger partial charge in [0.15, 0.2) is 11.9 Å². The predicted molar refractivity (Wildman–Crippen MR) is 85.9 cm³/mol. The van der Waals surface area contributed by atoms with E-state index in [4.69, 9.17) is 22.3 Å². The van der Waals surface area contributed by atoms with Gasteiger partial charge in [0.2, 0.25) is 0 Å². The average molecular weight is 301 g/mol. The summed E-state index contributed by atoms with van der Waals surface area (Å²) in [6, 6.07) is 13.7. The van der Waals surface area contributed by atoms with E-state index in [0.29, 0.717) is 6.04 Å². The topological polar surface area (TPSA) is 124 Å². The molecule has 21 heavy (non-hydrogen) atoms. The lowest BCUT2D eigenvalue weighted by Gasteiger charge is -2.27. The fourth-order valence-corrected chi connectivity index (χ4v) is 2.75. The molecule has 0 spiro atoms. The summed E-state index contributed by atoms with van der Waals surface area (Å²) in [6.45, 7) is 0. The zero-order valence-electron chi connectivity index (χ0n) is 11.3. The van der Waals surface area contributed by atoms with Gasteiger partial charge in [-0.2, -0.15) is 0 Å². The van der Waals surface area contributed by atoms with Crippen LogP contribution in [0.25, 0.3) is 0 Å². The molecule has 0 amide bonds. The molecule has 1 unspecified atom stereocenters. The summed E-state index contributed by atoms with van der Waals surface area (Å²) >= 11 is 1.54. The van der Waals surface area contributed by atoms with Gasteiger partial charge in [-0.05, 0) is 17.0 Å². The first kappa shape index (κ1) is 14.9. The Hall–Kier alpha value is -2.54. The third-order valence-corrected chi connectivity index (χ3v) is 3.71. The highest BCUT2D eigenvalue weighted by Gasteiger charge is 2.27. The van der Waals surface area contributed by atoms with Crippen LogP contribution in [0.1, 0.15) is 16.5 Å². The first-order chi connectivity index (χ1) is 10.1. The first-order valence-electron chi connectivity index (χ1n) is 6.25. The molecule has 0 aliphatic rings. The van der Waals surface area contributed by atoms with Crippen molar-refractivity contribution in [2.45, 2.75) is 6.04 Å². The predicted octanol–water partition coefficient (Wildman–Crippen LogP) is 1.34. The van der Waals surface area contributed by atoms with Crippen molar-refractivity contribution < 1.29 is 0 Å². The van der Waals surface area contributed by atoms with Crippen LogP contribution in [0, 0.1) is 16.9 Å². The summed E-state index contributed by atoms with van der Waals surface area (Å²) in [7, 11) is 0. The van der Waals surface area contributed by atoms with E-state index < -0.39 is 0 Å². The van der Waals surface area contributed by atoms with Crippen LogP contribution in [0.2, 0.25) is 0 Å². The number of benzene rings is 1. The number of rotatable bonds is 5. The van der Waals surface area contributed by atoms with E-state index >= 15 is 0 Å². The molecule has 0 saturated heterocycles. The molecule has 0 saturated carbocycles. The number of nitrogens with two attached hydrogens (primary N) is 2. The Morgan fingerprint density at radius 3 is 2.24 bits per heavy atom. The van der Waals surface area contributed by atoms with Gasteiger partial charge in [-0.15, -0.1) is 11.3 Å². The van der Waals surface area contributed by atoms with Gasteiger partial charge in [0.1, 0.15) is 6.04 Å². The lowest BCUT2D eigenvalue weighted by Crippen LogP contribution is -2.44. The van der Waals surface area contributed by atoms with Crippen LogP contribution in [0.15, 0.2) is 47.8 Å². The molecule has 1 atom stereocenters. The van der Waals surface area contributed by atoms with Crippen LogP contribution < -0.4 is 22.1 Å². The summed E-state index contributed by atoms with van der Waals surface area (Å²) in [5.74, 6) is -0.312. The van der Waals surface area contributed by atoms with Crippen LogP contribution in [-0.4, -0.2) is 11.9 Å². The van der Waals surface area contributed by atoms with Crippen LogP contribution in [0.3, 0.4) is 0 Å².